The van der Waals surface area contributed by atoms with Gasteiger partial charge in [0.2, 0.25) is 0 Å². The van der Waals surface area contributed by atoms with E-state index in [1.165, 1.54) is 11.1 Å². The lowest BCUT2D eigenvalue weighted by molar-refractivity contribution is 0.0770. The number of aromatic nitrogens is 2. The van der Waals surface area contributed by atoms with E-state index in [0.29, 0.717) is 6.04 Å². The Balaban J connectivity index is 1.84. The first-order valence-electron chi connectivity index (χ1n) is 6.47. The zero-order chi connectivity index (χ0) is 12.5. The van der Waals surface area contributed by atoms with Crippen molar-refractivity contribution in [1.82, 2.24) is 14.9 Å². The molecule has 96 valence electrons. The molecule has 0 saturated carbocycles. The number of ether oxygens (including phenoxy) is 1. The molecule has 4 nitrogen and oxygen atoms in total. The van der Waals surface area contributed by atoms with E-state index in [0.717, 1.165) is 37.5 Å². The van der Waals surface area contributed by atoms with Crippen LogP contribution >= 0.6 is 0 Å². The predicted molar refractivity (Wildman–Crippen MR) is 71.8 cm³/mol. The van der Waals surface area contributed by atoms with Crippen LogP contribution in [0.1, 0.15) is 11.4 Å². The summed E-state index contributed by atoms with van der Waals surface area (Å²) in [6.07, 6.45) is 1.01. The smallest absolute Gasteiger partial charge is 0.106 e. The normalized spacial score (nSPS) is 20.4. The highest BCUT2D eigenvalue weighted by molar-refractivity contribution is 5.76. The van der Waals surface area contributed by atoms with E-state index >= 15 is 0 Å². The summed E-state index contributed by atoms with van der Waals surface area (Å²) >= 11 is 0. The van der Waals surface area contributed by atoms with Gasteiger partial charge in [-0.05, 0) is 31.0 Å². The van der Waals surface area contributed by atoms with Crippen molar-refractivity contribution < 1.29 is 4.74 Å². The molecule has 2 aromatic rings. The van der Waals surface area contributed by atoms with Crippen molar-refractivity contribution in [1.29, 1.82) is 0 Å². The quantitative estimate of drug-likeness (QED) is 0.869. The maximum Gasteiger partial charge on any atom is 0.106 e. The lowest BCUT2D eigenvalue weighted by Gasteiger charge is -2.23. The second-order valence-electron chi connectivity index (χ2n) is 4.97. The lowest BCUT2D eigenvalue weighted by Crippen LogP contribution is -2.42. The van der Waals surface area contributed by atoms with Crippen LogP contribution in [-0.2, 0) is 18.2 Å². The van der Waals surface area contributed by atoms with Crippen LogP contribution in [0.25, 0.3) is 11.0 Å². The molecule has 1 unspecified atom stereocenters. The van der Waals surface area contributed by atoms with Crippen LogP contribution in [0.2, 0.25) is 0 Å². The summed E-state index contributed by atoms with van der Waals surface area (Å²) in [6.45, 7) is 4.63. The van der Waals surface area contributed by atoms with Crippen molar-refractivity contribution in [2.24, 2.45) is 7.05 Å². The van der Waals surface area contributed by atoms with Gasteiger partial charge < -0.3 is 14.6 Å². The van der Waals surface area contributed by atoms with Crippen molar-refractivity contribution in [2.75, 3.05) is 19.8 Å². The Labute approximate surface area is 107 Å². The molecule has 1 aromatic carbocycles. The summed E-state index contributed by atoms with van der Waals surface area (Å²) in [4.78, 5) is 4.58. The molecular formula is C14H19N3O. The zero-order valence-corrected chi connectivity index (χ0v) is 10.9. The largest absolute Gasteiger partial charge is 0.379 e. The molecule has 1 N–H and O–H groups in total. The van der Waals surface area contributed by atoms with Gasteiger partial charge in [0.05, 0.1) is 24.2 Å². The highest BCUT2D eigenvalue weighted by atomic mass is 16.5. The molecular weight excluding hydrogens is 226 g/mol. The molecule has 0 bridgehead atoms. The number of fused-ring (bicyclic) bond motifs is 1. The monoisotopic (exact) mass is 245 g/mol. The molecule has 0 spiro atoms. The standard InChI is InChI=1S/C14H19N3O/c1-10-16-13-8-11(3-4-14(13)17(10)2)7-12-9-18-6-5-15-12/h3-4,8,12,15H,5-7,9H2,1-2H3. The SMILES string of the molecule is Cc1nc2cc(CC3COCCN3)ccc2n1C. The molecule has 3 rings (SSSR count). The van der Waals surface area contributed by atoms with E-state index in [2.05, 4.69) is 40.1 Å². The van der Waals surface area contributed by atoms with Gasteiger partial charge >= 0.3 is 0 Å². The summed E-state index contributed by atoms with van der Waals surface area (Å²) < 4.78 is 7.61. The van der Waals surface area contributed by atoms with Crippen molar-refractivity contribution in [3.63, 3.8) is 0 Å². The van der Waals surface area contributed by atoms with Gasteiger partial charge in [-0.2, -0.15) is 0 Å². The number of nitrogens with one attached hydrogen (secondary N) is 1. The molecule has 1 saturated heterocycles. The van der Waals surface area contributed by atoms with Crippen molar-refractivity contribution >= 4 is 11.0 Å². The minimum Gasteiger partial charge on any atom is -0.379 e. The number of morpholine rings is 1. The van der Waals surface area contributed by atoms with Gasteiger partial charge in [0, 0.05) is 19.6 Å². The predicted octanol–water partition coefficient (Wildman–Crippen LogP) is 1.41. The van der Waals surface area contributed by atoms with Gasteiger partial charge in [0.1, 0.15) is 5.82 Å². The van der Waals surface area contributed by atoms with Crippen LogP contribution in [0.4, 0.5) is 0 Å². The van der Waals surface area contributed by atoms with E-state index in [9.17, 15) is 0 Å². The van der Waals surface area contributed by atoms with Gasteiger partial charge in [0.15, 0.2) is 0 Å². The van der Waals surface area contributed by atoms with E-state index in [1.54, 1.807) is 0 Å². The van der Waals surface area contributed by atoms with Gasteiger partial charge in [-0.3, -0.25) is 0 Å². The third-order valence-electron chi connectivity index (χ3n) is 3.65. The number of nitrogens with zero attached hydrogens (tertiary/aromatic N) is 2. The van der Waals surface area contributed by atoms with E-state index in [1.807, 2.05) is 6.92 Å². The fourth-order valence-electron chi connectivity index (χ4n) is 2.53. The Morgan fingerprint density at radius 1 is 1.50 bits per heavy atom. The Hall–Kier alpha value is -1.39. The third kappa shape index (κ3) is 2.13. The molecule has 1 aliphatic heterocycles. The molecule has 2 heterocycles. The van der Waals surface area contributed by atoms with Crippen LogP contribution in [-0.4, -0.2) is 35.4 Å². The molecule has 0 radical (unpaired) electrons. The van der Waals surface area contributed by atoms with E-state index < -0.39 is 0 Å². The number of benzene rings is 1. The van der Waals surface area contributed by atoms with Crippen LogP contribution < -0.4 is 5.32 Å². The molecule has 1 aliphatic rings. The van der Waals surface area contributed by atoms with Crippen LogP contribution in [0, 0.1) is 6.92 Å². The summed E-state index contributed by atoms with van der Waals surface area (Å²) in [5.41, 5.74) is 3.61. The molecule has 1 fully saturated rings. The summed E-state index contributed by atoms with van der Waals surface area (Å²) in [7, 11) is 2.06. The molecule has 0 aliphatic carbocycles. The first-order valence-corrected chi connectivity index (χ1v) is 6.47. The van der Waals surface area contributed by atoms with Crippen LogP contribution in [0.3, 0.4) is 0 Å². The third-order valence-corrected chi connectivity index (χ3v) is 3.65. The Kier molecular flexibility index (Phi) is 3.06. The Morgan fingerprint density at radius 2 is 2.39 bits per heavy atom. The molecule has 0 amide bonds. The average Bonchev–Trinajstić information content (AvgIpc) is 2.66. The minimum atomic E-state index is 0.431. The van der Waals surface area contributed by atoms with Gasteiger partial charge in [-0.15, -0.1) is 0 Å². The highest BCUT2D eigenvalue weighted by Gasteiger charge is 2.14. The number of hydrogen-bond acceptors (Lipinski definition) is 3. The molecule has 1 atom stereocenters. The highest BCUT2D eigenvalue weighted by Crippen LogP contribution is 2.17. The van der Waals surface area contributed by atoms with Crippen LogP contribution in [0.15, 0.2) is 18.2 Å². The first-order chi connectivity index (χ1) is 8.74. The summed E-state index contributed by atoms with van der Waals surface area (Å²) in [5.74, 6) is 1.06. The van der Waals surface area contributed by atoms with Crippen molar-refractivity contribution in [3.05, 3.63) is 29.6 Å². The average molecular weight is 245 g/mol. The van der Waals surface area contributed by atoms with Crippen molar-refractivity contribution in [2.45, 2.75) is 19.4 Å². The minimum absolute atomic E-state index is 0.431. The maximum absolute atomic E-state index is 5.48. The fraction of sp³-hybridized carbons (Fsp3) is 0.500. The number of aryl methyl sites for hydroxylation is 2. The second-order valence-corrected chi connectivity index (χ2v) is 4.97. The maximum atomic E-state index is 5.48. The van der Waals surface area contributed by atoms with Gasteiger partial charge in [-0.1, -0.05) is 6.07 Å². The summed E-state index contributed by atoms with van der Waals surface area (Å²) in [6, 6.07) is 6.98. The molecule has 1 aromatic heterocycles. The molecule has 4 heteroatoms. The number of rotatable bonds is 2. The van der Waals surface area contributed by atoms with E-state index in [-0.39, 0.29) is 0 Å². The molecule has 18 heavy (non-hydrogen) atoms. The van der Waals surface area contributed by atoms with E-state index in [4.69, 9.17) is 4.74 Å². The topological polar surface area (TPSA) is 39.1 Å². The van der Waals surface area contributed by atoms with Crippen molar-refractivity contribution in [3.8, 4) is 0 Å². The fourth-order valence-corrected chi connectivity index (χ4v) is 2.53. The number of imidazole rings is 1. The number of hydrogen-bond donors (Lipinski definition) is 1. The lowest BCUT2D eigenvalue weighted by atomic mass is 10.1. The Bertz CT molecular complexity index is 555. The first kappa shape index (κ1) is 11.7. The van der Waals surface area contributed by atoms with Gasteiger partial charge in [-0.25, -0.2) is 4.98 Å². The Morgan fingerprint density at radius 3 is 3.17 bits per heavy atom. The zero-order valence-electron chi connectivity index (χ0n) is 10.9. The van der Waals surface area contributed by atoms with Gasteiger partial charge in [0.25, 0.3) is 0 Å². The van der Waals surface area contributed by atoms with Crippen LogP contribution in [0.5, 0.6) is 0 Å². The second kappa shape index (κ2) is 4.71. The summed E-state index contributed by atoms with van der Waals surface area (Å²) in [5, 5.41) is 3.48.